The van der Waals surface area contributed by atoms with Crippen LogP contribution >= 0.6 is 23.2 Å². The van der Waals surface area contributed by atoms with Gasteiger partial charge in [-0.3, -0.25) is 9.59 Å². The number of nitrogens with one attached hydrogen (secondary N) is 1. The Kier molecular flexibility index (Phi) is 15.9. The third-order valence-electron chi connectivity index (χ3n) is 11.7. The number of H-pyrrole nitrogens is 1. The second kappa shape index (κ2) is 22.9. The van der Waals surface area contributed by atoms with Crippen molar-refractivity contribution < 1.29 is 14.3 Å². The van der Waals surface area contributed by atoms with Gasteiger partial charge in [0.25, 0.3) is 0 Å². The maximum absolute atomic E-state index is 11.7. The normalized spacial score (nSPS) is 11.0. The van der Waals surface area contributed by atoms with E-state index < -0.39 is 0 Å². The van der Waals surface area contributed by atoms with Crippen LogP contribution in [0.1, 0.15) is 88.8 Å². The number of carbonyl (C=O) groups excluding carboxylic acids is 2. The number of aromatic nitrogens is 12. The first kappa shape index (κ1) is 47.9. The van der Waals surface area contributed by atoms with E-state index in [1.54, 1.807) is 11.8 Å². The van der Waals surface area contributed by atoms with Gasteiger partial charge in [-0.05, 0) is 79.6 Å². The molecule has 9 rings (SSSR count). The first-order chi connectivity index (χ1) is 33.8. The van der Waals surface area contributed by atoms with E-state index >= 15 is 0 Å². The van der Waals surface area contributed by atoms with Gasteiger partial charge in [-0.25, -0.2) is 14.6 Å². The first-order valence-corrected chi connectivity index (χ1v) is 23.5. The van der Waals surface area contributed by atoms with Gasteiger partial charge >= 0.3 is 0 Å². The largest absolute Gasteiger partial charge is 0.497 e. The molecule has 0 spiro atoms. The van der Waals surface area contributed by atoms with E-state index in [4.69, 9.17) is 27.9 Å². The zero-order chi connectivity index (χ0) is 48.1. The molecule has 0 amide bonds. The molecule has 1 N–H and O–H groups in total. The van der Waals surface area contributed by atoms with Crippen molar-refractivity contribution in [3.63, 3.8) is 0 Å². The lowest BCUT2D eigenvalue weighted by Crippen LogP contribution is -2.08. The number of hydrogen-bond donors (Lipinski definition) is 1. The number of imidazole rings is 2. The number of tetrazole rings is 2. The van der Waals surface area contributed by atoms with Gasteiger partial charge in [-0.2, -0.15) is 5.21 Å². The molecule has 0 saturated heterocycles. The van der Waals surface area contributed by atoms with E-state index in [9.17, 15) is 9.59 Å². The highest BCUT2D eigenvalue weighted by atomic mass is 35.5. The lowest BCUT2D eigenvalue weighted by molar-refractivity contribution is 0.110. The lowest BCUT2D eigenvalue weighted by atomic mass is 9.98. The van der Waals surface area contributed by atoms with Crippen LogP contribution in [0, 0.1) is 0 Å². The first-order valence-electron chi connectivity index (χ1n) is 22.7. The van der Waals surface area contributed by atoms with E-state index in [-0.39, 0.29) is 10.3 Å². The summed E-state index contributed by atoms with van der Waals surface area (Å²) in [6.45, 7) is 5.85. The molecule has 0 saturated carbocycles. The maximum Gasteiger partial charge on any atom is 0.205 e. The molecule has 0 aliphatic carbocycles. The highest BCUT2D eigenvalue weighted by Crippen LogP contribution is 2.33. The highest BCUT2D eigenvalue weighted by Gasteiger charge is 2.19. The van der Waals surface area contributed by atoms with Gasteiger partial charge in [0.15, 0.2) is 28.7 Å². The number of aryl methyl sites for hydroxylation is 2. The van der Waals surface area contributed by atoms with Crippen molar-refractivity contribution in [3.05, 3.63) is 171 Å². The van der Waals surface area contributed by atoms with Crippen molar-refractivity contribution in [2.45, 2.75) is 72.0 Å². The smallest absolute Gasteiger partial charge is 0.205 e. The number of benzene rings is 5. The van der Waals surface area contributed by atoms with Crippen LogP contribution < -0.4 is 4.74 Å². The number of ether oxygens (including phenoxy) is 1. The van der Waals surface area contributed by atoms with Gasteiger partial charge in [-0.1, -0.05) is 159 Å². The molecule has 0 atom stereocenters. The second-order valence-electron chi connectivity index (χ2n) is 16.3. The van der Waals surface area contributed by atoms with Crippen molar-refractivity contribution in [3.8, 4) is 50.8 Å². The van der Waals surface area contributed by atoms with Gasteiger partial charge < -0.3 is 13.9 Å². The van der Waals surface area contributed by atoms with Gasteiger partial charge in [-0.15, -0.1) is 15.3 Å². The number of aromatic amines is 1. The van der Waals surface area contributed by atoms with Crippen molar-refractivity contribution in [2.24, 2.45) is 0 Å². The topological polar surface area (TPSA) is 177 Å². The summed E-state index contributed by atoms with van der Waals surface area (Å²) in [4.78, 5) is 32.1. The Balaban J connectivity index is 0.000000192. The maximum atomic E-state index is 11.7. The average molecular weight is 962 g/mol. The number of aldehydes is 2. The van der Waals surface area contributed by atoms with Crippen molar-refractivity contribution >= 4 is 35.8 Å². The van der Waals surface area contributed by atoms with E-state index in [1.807, 2.05) is 75.9 Å². The molecule has 15 nitrogen and oxygen atoms in total. The summed E-state index contributed by atoms with van der Waals surface area (Å²) in [5, 5.41) is 27.4. The van der Waals surface area contributed by atoms with Gasteiger partial charge in [0.1, 0.15) is 28.8 Å². The molecule has 4 heterocycles. The Labute approximate surface area is 409 Å². The second-order valence-corrected chi connectivity index (χ2v) is 17.0. The third-order valence-corrected chi connectivity index (χ3v) is 12.3. The van der Waals surface area contributed by atoms with Crippen LogP contribution in [0.2, 0.25) is 10.3 Å². The average Bonchev–Trinajstić information content (AvgIpc) is 4.21. The number of methoxy groups -OCH3 is 1. The van der Waals surface area contributed by atoms with Crippen LogP contribution in [0.25, 0.3) is 45.0 Å². The minimum absolute atomic E-state index is 0.258. The molecule has 5 aromatic carbocycles. The summed E-state index contributed by atoms with van der Waals surface area (Å²) in [6.07, 6.45) is 7.21. The predicted molar refractivity (Wildman–Crippen MR) is 267 cm³/mol. The third kappa shape index (κ3) is 11.2. The Morgan fingerprint density at radius 1 is 0.594 bits per heavy atom. The van der Waals surface area contributed by atoms with Crippen molar-refractivity contribution in [1.82, 2.24) is 59.9 Å². The van der Waals surface area contributed by atoms with Gasteiger partial charge in [0, 0.05) is 37.1 Å². The van der Waals surface area contributed by atoms with E-state index in [0.29, 0.717) is 42.7 Å². The van der Waals surface area contributed by atoms with Crippen LogP contribution in [-0.2, 0) is 32.5 Å². The Bertz CT molecular complexity index is 3110. The molecule has 17 heteroatoms. The molecule has 0 aliphatic heterocycles. The molecular formula is C52H50Cl2N12O3. The molecule has 4 aromatic heterocycles. The van der Waals surface area contributed by atoms with Crippen LogP contribution in [0.5, 0.6) is 5.75 Å². The molecule has 9 aromatic rings. The minimum atomic E-state index is 0.258. The molecule has 350 valence electrons. The fourth-order valence-corrected chi connectivity index (χ4v) is 8.57. The van der Waals surface area contributed by atoms with E-state index in [0.717, 1.165) is 119 Å². The molecule has 0 unspecified atom stereocenters. The zero-order valence-corrected chi connectivity index (χ0v) is 40.0. The number of rotatable bonds is 19. The molecule has 0 fully saturated rings. The SMILES string of the molecule is CCCCc1nc(Cl)c(C=O)n1Cc1ccc(-c2ccccc2-c2nn[nH]n2)cc1.CCCCc1nc(Cl)c(C=O)n1Cc1ccc(-c2ccccc2-c2nnnn2Cc2ccc(OC)cc2)cc1. The molecule has 0 bridgehead atoms. The summed E-state index contributed by atoms with van der Waals surface area (Å²) in [5.41, 5.74) is 10.0. The van der Waals surface area contributed by atoms with Crippen LogP contribution in [0.3, 0.4) is 0 Å². The number of nitrogens with zero attached hydrogens (tertiary/aromatic N) is 11. The minimum Gasteiger partial charge on any atom is -0.497 e. The van der Waals surface area contributed by atoms with Crippen LogP contribution in [0.15, 0.2) is 121 Å². The number of halogens is 2. The van der Waals surface area contributed by atoms with Gasteiger partial charge in [0.2, 0.25) is 5.82 Å². The molecule has 0 radical (unpaired) electrons. The Hall–Kier alpha value is -7.62. The molecular weight excluding hydrogens is 912 g/mol. The fourth-order valence-electron chi connectivity index (χ4n) is 8.08. The summed E-state index contributed by atoms with van der Waals surface area (Å²) in [5.74, 6) is 3.73. The van der Waals surface area contributed by atoms with Gasteiger partial charge in [0.05, 0.1) is 13.7 Å². The predicted octanol–water partition coefficient (Wildman–Crippen LogP) is 10.7. The van der Waals surface area contributed by atoms with Crippen molar-refractivity contribution in [2.75, 3.05) is 7.11 Å². The molecule has 69 heavy (non-hydrogen) atoms. The summed E-state index contributed by atoms with van der Waals surface area (Å²) < 4.78 is 10.9. The Morgan fingerprint density at radius 3 is 1.55 bits per heavy atom. The lowest BCUT2D eigenvalue weighted by Gasteiger charge is -2.12. The summed E-state index contributed by atoms with van der Waals surface area (Å²) in [6, 6.07) is 40.4. The fraction of sp³-hybridized carbons (Fsp3) is 0.231. The Morgan fingerprint density at radius 2 is 1.07 bits per heavy atom. The number of unbranched alkanes of at least 4 members (excludes halogenated alkanes) is 2. The zero-order valence-electron chi connectivity index (χ0n) is 38.5. The van der Waals surface area contributed by atoms with Crippen molar-refractivity contribution in [1.29, 1.82) is 0 Å². The molecule has 0 aliphatic rings. The van der Waals surface area contributed by atoms with E-state index in [2.05, 4.69) is 115 Å². The van der Waals surface area contributed by atoms with E-state index in [1.165, 1.54) is 0 Å². The van der Waals surface area contributed by atoms with Crippen LogP contribution in [-0.4, -0.2) is 79.6 Å². The monoisotopic (exact) mass is 960 g/mol. The van der Waals surface area contributed by atoms with Crippen LogP contribution in [0.4, 0.5) is 0 Å². The summed E-state index contributed by atoms with van der Waals surface area (Å²) >= 11 is 12.4. The standard InChI is InChI=1S/C30H29ClN6O2.C22H21ClN6O/c1-3-4-9-28-32-29(31)27(20-38)36(28)18-21-10-14-23(15-11-21)25-7-5-6-8-26(25)30-33-34-35-37(30)19-22-12-16-24(39-2)17-13-22;1-2-3-8-20-24-21(23)19(14-30)29(20)13-15-9-11-16(12-10-15)17-6-4-5-7-18(17)22-25-27-28-26-22/h5-8,10-17,20H,3-4,9,18-19H2,1-2H3;4-7,9-12,14H,2-3,8,13H2,1H3,(H,25,26,27,28). The number of carbonyl (C=O) groups is 2. The number of hydrogen-bond acceptors (Lipinski definition) is 11. The summed E-state index contributed by atoms with van der Waals surface area (Å²) in [7, 11) is 1.65. The quantitative estimate of drug-likeness (QED) is 0.0763. The highest BCUT2D eigenvalue weighted by molar-refractivity contribution is 6.32.